The van der Waals surface area contributed by atoms with Gasteiger partial charge in [-0.2, -0.15) is 17.5 Å². The van der Waals surface area contributed by atoms with E-state index in [4.69, 9.17) is 23.7 Å². The van der Waals surface area contributed by atoms with Crippen molar-refractivity contribution < 1.29 is 45.3 Å². The Kier molecular flexibility index (Phi) is 10.6. The summed E-state index contributed by atoms with van der Waals surface area (Å²) < 4.78 is 94.1. The lowest BCUT2D eigenvalue weighted by Gasteiger charge is -2.25. The van der Waals surface area contributed by atoms with Crippen molar-refractivity contribution in [3.8, 4) is 17.2 Å². The number of hydrogen-bond donors (Lipinski definition) is 1. The fourth-order valence-electron chi connectivity index (χ4n) is 3.16. The number of rotatable bonds is 14. The van der Waals surface area contributed by atoms with Crippen LogP contribution in [-0.2, 0) is 25.7 Å². The number of ether oxygens (including phenoxy) is 5. The Morgan fingerprint density at radius 2 is 1.69 bits per heavy atom. The first kappa shape index (κ1) is 29.4. The van der Waals surface area contributed by atoms with E-state index in [9.17, 15) is 21.6 Å². The Labute approximate surface area is 208 Å². The normalized spacial score (nSPS) is 12.2. The van der Waals surface area contributed by atoms with Gasteiger partial charge in [0.25, 0.3) is 0 Å². The number of halogens is 3. The summed E-state index contributed by atoms with van der Waals surface area (Å²) in [6.45, 7) is 1.26. The van der Waals surface area contributed by atoms with Gasteiger partial charge < -0.3 is 29.0 Å². The van der Waals surface area contributed by atoms with Crippen LogP contribution in [-0.4, -0.2) is 78.7 Å². The molecule has 2 aromatic rings. The summed E-state index contributed by atoms with van der Waals surface area (Å²) in [5.41, 5.74) is -1.20. The summed E-state index contributed by atoms with van der Waals surface area (Å²) in [5, 5.41) is 2.75. The molecule has 14 heteroatoms. The number of hydrogen-bond acceptors (Lipinski definition) is 9. The lowest BCUT2D eigenvalue weighted by molar-refractivity contribution is -0.138. The molecule has 0 saturated carbocycles. The number of benzene rings is 1. The van der Waals surface area contributed by atoms with Gasteiger partial charge in [-0.15, -0.1) is 0 Å². The van der Waals surface area contributed by atoms with E-state index in [1.54, 1.807) is 25.1 Å². The molecule has 0 fully saturated rings. The number of methoxy groups -OCH3 is 4. The van der Waals surface area contributed by atoms with Crippen molar-refractivity contribution in [2.24, 2.45) is 0 Å². The number of likely N-dealkylation sites (N-methyl/N-ethyl adjacent to an activating group) is 1. The topological polar surface area (TPSA) is 108 Å². The highest BCUT2D eigenvalue weighted by molar-refractivity contribution is 7.89. The number of anilines is 1. The highest BCUT2D eigenvalue weighted by Gasteiger charge is 2.36. The van der Waals surface area contributed by atoms with E-state index < -0.39 is 32.9 Å². The molecule has 0 atom stereocenters. The zero-order valence-corrected chi connectivity index (χ0v) is 21.4. The van der Waals surface area contributed by atoms with Crippen molar-refractivity contribution in [3.63, 3.8) is 0 Å². The van der Waals surface area contributed by atoms with E-state index in [0.29, 0.717) is 29.5 Å². The molecule has 202 valence electrons. The number of pyridine rings is 1. The molecule has 10 nitrogen and oxygen atoms in total. The second kappa shape index (κ2) is 12.9. The van der Waals surface area contributed by atoms with Crippen molar-refractivity contribution in [2.45, 2.75) is 24.3 Å². The summed E-state index contributed by atoms with van der Waals surface area (Å²) in [6, 6.07) is 5.59. The fourth-order valence-corrected chi connectivity index (χ4v) is 4.74. The van der Waals surface area contributed by atoms with Gasteiger partial charge in [0, 0.05) is 27.0 Å². The second-order valence-electron chi connectivity index (χ2n) is 7.19. The third kappa shape index (κ3) is 7.12. The van der Waals surface area contributed by atoms with E-state index in [1.165, 1.54) is 28.4 Å². The molecule has 0 aliphatic carbocycles. The van der Waals surface area contributed by atoms with E-state index in [2.05, 4.69) is 10.3 Å². The number of para-hydroxylation sites is 1. The lowest BCUT2D eigenvalue weighted by Crippen LogP contribution is -2.39. The Bertz CT molecular complexity index is 1070. The standard InChI is InChI=1S/C22H30F3N3O7S/c1-6-28(14-19(33-4)34-5)36(29,30)18-12-15(22(23,24)25)13-27-21(18)26-10-11-35-20-16(31-2)8-7-9-17(20)32-3/h7-9,12-13,19H,6,10-11,14H2,1-5H3,(H,26,27). The molecule has 1 heterocycles. The van der Waals surface area contributed by atoms with Gasteiger partial charge in [0.1, 0.15) is 17.3 Å². The van der Waals surface area contributed by atoms with E-state index in [0.717, 1.165) is 4.31 Å². The molecule has 0 radical (unpaired) electrons. The molecule has 1 aromatic heterocycles. The number of sulfonamides is 1. The summed E-state index contributed by atoms with van der Waals surface area (Å²) in [6.07, 6.45) is -5.15. The molecule has 0 saturated heterocycles. The monoisotopic (exact) mass is 537 g/mol. The third-order valence-corrected chi connectivity index (χ3v) is 7.01. The van der Waals surface area contributed by atoms with Gasteiger partial charge in [-0.3, -0.25) is 0 Å². The smallest absolute Gasteiger partial charge is 0.417 e. The summed E-state index contributed by atoms with van der Waals surface area (Å²) in [5.74, 6) is 0.882. The Morgan fingerprint density at radius 1 is 1.08 bits per heavy atom. The SMILES string of the molecule is CCN(CC(OC)OC)S(=O)(=O)c1cc(C(F)(F)F)cnc1NCCOc1c(OC)cccc1OC. The summed E-state index contributed by atoms with van der Waals surface area (Å²) in [7, 11) is 1.14. The molecule has 1 aromatic carbocycles. The first-order valence-electron chi connectivity index (χ1n) is 10.7. The van der Waals surface area contributed by atoms with Crippen molar-refractivity contribution in [1.29, 1.82) is 0 Å². The van der Waals surface area contributed by atoms with Crippen LogP contribution in [0.15, 0.2) is 35.4 Å². The minimum Gasteiger partial charge on any atom is -0.493 e. The van der Waals surface area contributed by atoms with Gasteiger partial charge in [0.05, 0.1) is 32.9 Å². The average molecular weight is 538 g/mol. The third-order valence-electron chi connectivity index (χ3n) is 5.05. The van der Waals surface area contributed by atoms with Crippen LogP contribution in [0.25, 0.3) is 0 Å². The molecule has 0 unspecified atom stereocenters. The first-order valence-corrected chi connectivity index (χ1v) is 12.2. The van der Waals surface area contributed by atoms with E-state index >= 15 is 0 Å². The predicted molar refractivity (Wildman–Crippen MR) is 125 cm³/mol. The maximum atomic E-state index is 13.4. The second-order valence-corrected chi connectivity index (χ2v) is 9.10. The predicted octanol–water partition coefficient (Wildman–Crippen LogP) is 3.24. The number of nitrogens with zero attached hydrogens (tertiary/aromatic N) is 2. The van der Waals surface area contributed by atoms with Gasteiger partial charge >= 0.3 is 6.18 Å². The van der Waals surface area contributed by atoms with E-state index in [-0.39, 0.29) is 32.1 Å². The quantitative estimate of drug-likeness (QED) is 0.287. The minimum absolute atomic E-state index is 0.00692. The van der Waals surface area contributed by atoms with Crippen LogP contribution in [0.2, 0.25) is 0 Å². The zero-order valence-electron chi connectivity index (χ0n) is 20.6. The van der Waals surface area contributed by atoms with E-state index in [1.807, 2.05) is 0 Å². The molecule has 0 aliphatic heterocycles. The maximum absolute atomic E-state index is 13.4. The number of aromatic nitrogens is 1. The molecule has 0 spiro atoms. The van der Waals surface area contributed by atoms with Crippen molar-refractivity contribution in [1.82, 2.24) is 9.29 Å². The van der Waals surface area contributed by atoms with Crippen LogP contribution in [0, 0.1) is 0 Å². The number of alkyl halides is 3. The Balaban J connectivity index is 2.32. The van der Waals surface area contributed by atoms with Gasteiger partial charge in [-0.1, -0.05) is 13.0 Å². The highest BCUT2D eigenvalue weighted by atomic mass is 32.2. The molecule has 1 N–H and O–H groups in total. The van der Waals surface area contributed by atoms with Crippen LogP contribution in [0.1, 0.15) is 12.5 Å². The highest BCUT2D eigenvalue weighted by Crippen LogP contribution is 2.37. The lowest BCUT2D eigenvalue weighted by atomic mass is 10.3. The van der Waals surface area contributed by atoms with Gasteiger partial charge in [0.2, 0.25) is 15.8 Å². The molecule has 2 rings (SSSR count). The number of nitrogens with one attached hydrogen (secondary N) is 1. The summed E-state index contributed by atoms with van der Waals surface area (Å²) >= 11 is 0. The molecular formula is C22H30F3N3O7S. The maximum Gasteiger partial charge on any atom is 0.417 e. The Morgan fingerprint density at radius 3 is 2.19 bits per heavy atom. The van der Waals surface area contributed by atoms with Crippen LogP contribution in [0.3, 0.4) is 0 Å². The average Bonchev–Trinajstić information content (AvgIpc) is 2.86. The Hall–Kier alpha value is -2.81. The molecule has 0 amide bonds. The van der Waals surface area contributed by atoms with Crippen molar-refractivity contribution in [3.05, 3.63) is 36.0 Å². The van der Waals surface area contributed by atoms with Gasteiger partial charge in [-0.25, -0.2) is 13.4 Å². The molecule has 0 aliphatic rings. The zero-order chi connectivity index (χ0) is 26.9. The van der Waals surface area contributed by atoms with Gasteiger partial charge in [0.15, 0.2) is 17.8 Å². The van der Waals surface area contributed by atoms with Crippen molar-refractivity contribution >= 4 is 15.8 Å². The van der Waals surface area contributed by atoms with Crippen LogP contribution in [0.4, 0.5) is 19.0 Å². The van der Waals surface area contributed by atoms with Crippen LogP contribution in [0.5, 0.6) is 17.2 Å². The first-order chi connectivity index (χ1) is 17.0. The molecule has 36 heavy (non-hydrogen) atoms. The molecule has 0 bridgehead atoms. The van der Waals surface area contributed by atoms with Crippen LogP contribution >= 0.6 is 0 Å². The molecular weight excluding hydrogens is 507 g/mol. The fraction of sp³-hybridized carbons (Fsp3) is 0.500. The largest absolute Gasteiger partial charge is 0.493 e. The van der Waals surface area contributed by atoms with Crippen molar-refractivity contribution in [2.75, 3.05) is 60.0 Å². The minimum atomic E-state index is -4.79. The van der Waals surface area contributed by atoms with Crippen LogP contribution < -0.4 is 19.5 Å². The summed E-state index contributed by atoms with van der Waals surface area (Å²) in [4.78, 5) is 3.12. The van der Waals surface area contributed by atoms with Gasteiger partial charge in [-0.05, 0) is 18.2 Å².